The largest absolute Gasteiger partial charge is 0.489 e. The molecule has 2 N–H and O–H groups in total. The number of ether oxygens (including phenoxy) is 1. The summed E-state index contributed by atoms with van der Waals surface area (Å²) in [7, 11) is 0. The van der Waals surface area contributed by atoms with E-state index in [9.17, 15) is 9.59 Å². The van der Waals surface area contributed by atoms with Gasteiger partial charge in [0.05, 0.1) is 0 Å². The zero-order valence-corrected chi connectivity index (χ0v) is 14.0. The normalized spacial score (nSPS) is 13.1. The number of hydrogen-bond donors (Lipinski definition) is 2. The molecule has 0 unspecified atom stereocenters. The van der Waals surface area contributed by atoms with Gasteiger partial charge in [0.1, 0.15) is 12.4 Å². The highest BCUT2D eigenvalue weighted by atomic mass is 16.5. The van der Waals surface area contributed by atoms with Crippen LogP contribution in [0.1, 0.15) is 28.8 Å². The summed E-state index contributed by atoms with van der Waals surface area (Å²) in [5.41, 5.74) is 1.61. The number of carbonyl (C=O) groups excluding carboxylic acids is 2. The molecule has 0 heterocycles. The minimum Gasteiger partial charge on any atom is -0.489 e. The topological polar surface area (TPSA) is 67.4 Å². The molecule has 0 aromatic heterocycles. The Hall–Kier alpha value is -2.82. The van der Waals surface area contributed by atoms with Gasteiger partial charge in [-0.1, -0.05) is 36.4 Å². The van der Waals surface area contributed by atoms with Crippen LogP contribution in [-0.2, 0) is 11.4 Å². The van der Waals surface area contributed by atoms with E-state index in [2.05, 4.69) is 10.6 Å². The van der Waals surface area contributed by atoms with Crippen molar-refractivity contribution in [2.45, 2.75) is 19.4 Å². The molecule has 1 saturated carbocycles. The fourth-order valence-corrected chi connectivity index (χ4v) is 2.42. The Balaban J connectivity index is 1.44. The molecule has 0 atom stereocenters. The van der Waals surface area contributed by atoms with E-state index in [0.29, 0.717) is 31.0 Å². The van der Waals surface area contributed by atoms with E-state index in [-0.39, 0.29) is 17.7 Å². The fraction of sp³-hybridized carbons (Fsp3) is 0.300. The molecule has 5 nitrogen and oxygen atoms in total. The standard InChI is InChI=1S/C20H22N2O3/c23-19(16-9-10-16)21-11-12-22-20(24)17-7-4-8-18(13-17)25-14-15-5-2-1-3-6-15/h1-8,13,16H,9-12,14H2,(H,21,23)(H,22,24). The van der Waals surface area contributed by atoms with E-state index in [4.69, 9.17) is 4.74 Å². The lowest BCUT2D eigenvalue weighted by atomic mass is 10.2. The van der Waals surface area contributed by atoms with Gasteiger partial charge in [-0.2, -0.15) is 0 Å². The molecule has 2 aromatic carbocycles. The Morgan fingerprint density at radius 2 is 1.72 bits per heavy atom. The summed E-state index contributed by atoms with van der Waals surface area (Å²) in [5.74, 6) is 0.754. The summed E-state index contributed by atoms with van der Waals surface area (Å²) in [6, 6.07) is 17.0. The third-order valence-electron chi connectivity index (χ3n) is 4.00. The maximum absolute atomic E-state index is 12.2. The summed E-state index contributed by atoms with van der Waals surface area (Å²) in [4.78, 5) is 23.7. The summed E-state index contributed by atoms with van der Waals surface area (Å²) >= 11 is 0. The second-order valence-electron chi connectivity index (χ2n) is 6.12. The second-order valence-corrected chi connectivity index (χ2v) is 6.12. The summed E-state index contributed by atoms with van der Waals surface area (Å²) < 4.78 is 5.74. The van der Waals surface area contributed by atoms with Gasteiger partial charge in [-0.3, -0.25) is 9.59 Å². The van der Waals surface area contributed by atoms with Crippen molar-refractivity contribution in [3.05, 3.63) is 65.7 Å². The molecule has 0 radical (unpaired) electrons. The molecular formula is C20H22N2O3. The highest BCUT2D eigenvalue weighted by Crippen LogP contribution is 2.28. The van der Waals surface area contributed by atoms with Crippen molar-refractivity contribution in [2.24, 2.45) is 5.92 Å². The van der Waals surface area contributed by atoms with Crippen LogP contribution < -0.4 is 15.4 Å². The highest BCUT2D eigenvalue weighted by Gasteiger charge is 2.28. The lowest BCUT2D eigenvalue weighted by Crippen LogP contribution is -2.35. The predicted octanol–water partition coefficient (Wildman–Crippen LogP) is 2.52. The van der Waals surface area contributed by atoms with Crippen LogP contribution >= 0.6 is 0 Å². The number of hydrogen-bond acceptors (Lipinski definition) is 3. The molecule has 2 aromatic rings. The number of amides is 2. The van der Waals surface area contributed by atoms with Crippen LogP contribution in [0.25, 0.3) is 0 Å². The van der Waals surface area contributed by atoms with E-state index in [1.54, 1.807) is 18.2 Å². The number of carbonyl (C=O) groups is 2. The lowest BCUT2D eigenvalue weighted by Gasteiger charge is -2.09. The zero-order chi connectivity index (χ0) is 17.5. The number of benzene rings is 2. The first-order valence-corrected chi connectivity index (χ1v) is 8.55. The Labute approximate surface area is 147 Å². The maximum Gasteiger partial charge on any atom is 0.251 e. The smallest absolute Gasteiger partial charge is 0.251 e. The van der Waals surface area contributed by atoms with E-state index >= 15 is 0 Å². The highest BCUT2D eigenvalue weighted by molar-refractivity contribution is 5.94. The molecule has 5 heteroatoms. The van der Waals surface area contributed by atoms with Crippen molar-refractivity contribution < 1.29 is 14.3 Å². The van der Waals surface area contributed by atoms with E-state index < -0.39 is 0 Å². The van der Waals surface area contributed by atoms with Crippen LogP contribution in [0.15, 0.2) is 54.6 Å². The van der Waals surface area contributed by atoms with Gasteiger partial charge in [-0.15, -0.1) is 0 Å². The Kier molecular flexibility index (Phi) is 5.67. The molecule has 1 aliphatic carbocycles. The van der Waals surface area contributed by atoms with Crippen molar-refractivity contribution in [1.29, 1.82) is 0 Å². The van der Waals surface area contributed by atoms with Crippen molar-refractivity contribution in [3.63, 3.8) is 0 Å². The number of rotatable bonds is 8. The van der Waals surface area contributed by atoms with E-state index in [1.165, 1.54) is 0 Å². The Morgan fingerprint density at radius 1 is 0.960 bits per heavy atom. The third-order valence-corrected chi connectivity index (χ3v) is 4.00. The fourth-order valence-electron chi connectivity index (χ4n) is 2.42. The predicted molar refractivity (Wildman–Crippen MR) is 95.3 cm³/mol. The molecule has 1 aliphatic rings. The zero-order valence-electron chi connectivity index (χ0n) is 14.0. The lowest BCUT2D eigenvalue weighted by molar-refractivity contribution is -0.122. The minimum atomic E-state index is -0.175. The van der Waals surface area contributed by atoms with Gasteiger partial charge in [-0.25, -0.2) is 0 Å². The van der Waals surface area contributed by atoms with Crippen LogP contribution in [0.5, 0.6) is 5.75 Å². The third kappa shape index (κ3) is 5.35. The quantitative estimate of drug-likeness (QED) is 0.727. The molecule has 130 valence electrons. The van der Waals surface area contributed by atoms with Gasteiger partial charge in [0.15, 0.2) is 0 Å². The summed E-state index contributed by atoms with van der Waals surface area (Å²) in [6.45, 7) is 1.32. The average molecular weight is 338 g/mol. The SMILES string of the molecule is O=C(NCCNC(=O)C1CC1)c1cccc(OCc2ccccc2)c1. The molecular weight excluding hydrogens is 316 g/mol. The van der Waals surface area contributed by atoms with Gasteiger partial charge in [0, 0.05) is 24.6 Å². The van der Waals surface area contributed by atoms with Gasteiger partial charge >= 0.3 is 0 Å². The monoisotopic (exact) mass is 338 g/mol. The van der Waals surface area contributed by atoms with Crippen LogP contribution in [0, 0.1) is 5.92 Å². The molecule has 0 saturated heterocycles. The van der Waals surface area contributed by atoms with Crippen LogP contribution in [0.2, 0.25) is 0 Å². The first-order chi connectivity index (χ1) is 12.2. The second kappa shape index (κ2) is 8.33. The summed E-state index contributed by atoms with van der Waals surface area (Å²) in [5, 5.41) is 5.63. The average Bonchev–Trinajstić information content (AvgIpc) is 3.49. The molecule has 0 bridgehead atoms. The molecule has 0 aliphatic heterocycles. The van der Waals surface area contributed by atoms with Crippen molar-refractivity contribution in [3.8, 4) is 5.75 Å². The van der Waals surface area contributed by atoms with Crippen molar-refractivity contribution >= 4 is 11.8 Å². The van der Waals surface area contributed by atoms with Gasteiger partial charge < -0.3 is 15.4 Å². The summed E-state index contributed by atoms with van der Waals surface area (Å²) in [6.07, 6.45) is 1.96. The van der Waals surface area contributed by atoms with Gasteiger partial charge in [0.2, 0.25) is 5.91 Å². The minimum absolute atomic E-state index is 0.0885. The molecule has 1 fully saturated rings. The van der Waals surface area contributed by atoms with E-state index in [1.807, 2.05) is 36.4 Å². The first kappa shape index (κ1) is 17.0. The van der Waals surface area contributed by atoms with Crippen molar-refractivity contribution in [2.75, 3.05) is 13.1 Å². The molecule has 3 rings (SSSR count). The Morgan fingerprint density at radius 3 is 2.48 bits per heavy atom. The van der Waals surface area contributed by atoms with Crippen molar-refractivity contribution in [1.82, 2.24) is 10.6 Å². The van der Waals surface area contributed by atoms with E-state index in [0.717, 1.165) is 18.4 Å². The van der Waals surface area contributed by atoms with Crippen LogP contribution in [0.4, 0.5) is 0 Å². The first-order valence-electron chi connectivity index (χ1n) is 8.55. The van der Waals surface area contributed by atoms with Crippen LogP contribution in [-0.4, -0.2) is 24.9 Å². The van der Waals surface area contributed by atoms with Crippen LogP contribution in [0.3, 0.4) is 0 Å². The Bertz CT molecular complexity index is 727. The van der Waals surface area contributed by atoms with Gasteiger partial charge in [-0.05, 0) is 36.6 Å². The molecule has 25 heavy (non-hydrogen) atoms. The molecule has 0 spiro atoms. The molecule has 2 amide bonds. The number of nitrogens with one attached hydrogen (secondary N) is 2. The van der Waals surface area contributed by atoms with Gasteiger partial charge in [0.25, 0.3) is 5.91 Å². The maximum atomic E-state index is 12.2.